The molecule has 98 valence electrons. The fourth-order valence-electron chi connectivity index (χ4n) is 1.92. The molecule has 0 radical (unpaired) electrons. The average molecular weight is 253 g/mol. The first-order valence-corrected chi connectivity index (χ1v) is 6.13. The lowest BCUT2D eigenvalue weighted by molar-refractivity contribution is 0.0837. The molecular weight excluding hydrogens is 222 g/mol. The number of ketones is 1. The minimum atomic E-state index is -3.14. The molecule has 2 nitrogen and oxygen atoms in total. The van der Waals surface area contributed by atoms with Crippen LogP contribution in [0.3, 0.4) is 0 Å². The van der Waals surface area contributed by atoms with Crippen molar-refractivity contribution in [3.05, 3.63) is 35.4 Å². The highest BCUT2D eigenvalue weighted by Crippen LogP contribution is 2.19. The Morgan fingerprint density at radius 2 is 1.94 bits per heavy atom. The molecule has 2 heteroatoms. The van der Waals surface area contributed by atoms with Gasteiger partial charge in [0, 0.05) is 16.5 Å². The summed E-state index contributed by atoms with van der Waals surface area (Å²) in [6, 6.07) is 5.22. The van der Waals surface area contributed by atoms with Gasteiger partial charge in [-0.3, -0.25) is 9.69 Å². The third kappa shape index (κ3) is 2.99. The van der Waals surface area contributed by atoms with Gasteiger partial charge in [0.1, 0.15) is 0 Å². The number of hydrogen-bond acceptors (Lipinski definition) is 2. The molecule has 1 heterocycles. The van der Waals surface area contributed by atoms with E-state index in [0.717, 1.165) is 5.56 Å². The van der Waals surface area contributed by atoms with Crippen LogP contribution in [-0.2, 0) is 0 Å². The highest BCUT2D eigenvalue weighted by Gasteiger charge is 2.27. The zero-order valence-electron chi connectivity index (χ0n) is 18.7. The lowest BCUT2D eigenvalue weighted by Crippen LogP contribution is -2.39. The summed E-state index contributed by atoms with van der Waals surface area (Å²) in [4.78, 5) is 13.5. The molecule has 1 aliphatic heterocycles. The summed E-state index contributed by atoms with van der Waals surface area (Å²) in [7, 11) is 0. The molecule has 1 unspecified atom stereocenters. The minimum Gasteiger partial charge on any atom is -0.293 e. The maximum absolute atomic E-state index is 13.0. The van der Waals surface area contributed by atoms with Crippen LogP contribution < -0.4 is 0 Å². The Labute approximate surface area is 121 Å². The van der Waals surface area contributed by atoms with Crippen molar-refractivity contribution in [3.63, 3.8) is 0 Å². The van der Waals surface area contributed by atoms with Gasteiger partial charge < -0.3 is 0 Å². The molecule has 1 aromatic rings. The number of carbonyl (C=O) groups is 1. The maximum atomic E-state index is 13.0. The van der Waals surface area contributed by atoms with Crippen molar-refractivity contribution in [2.24, 2.45) is 0 Å². The Balaban J connectivity index is 2.58. The second-order valence-corrected chi connectivity index (χ2v) is 4.38. The van der Waals surface area contributed by atoms with E-state index in [1.54, 1.807) is 31.2 Å². The molecule has 1 aliphatic rings. The van der Waals surface area contributed by atoms with Gasteiger partial charge in [0.05, 0.1) is 6.04 Å². The van der Waals surface area contributed by atoms with Crippen LogP contribution >= 0.6 is 0 Å². The Morgan fingerprint density at radius 1 is 1.33 bits per heavy atom. The minimum absolute atomic E-state index is 0.0812. The molecule has 18 heavy (non-hydrogen) atoms. The van der Waals surface area contributed by atoms with Crippen molar-refractivity contribution in [3.8, 4) is 0 Å². The molecule has 0 spiro atoms. The number of benzene rings is 1. The summed E-state index contributed by atoms with van der Waals surface area (Å²) in [5.41, 5.74) is 1.18. The van der Waals surface area contributed by atoms with E-state index in [1.165, 1.54) is 0 Å². The molecular formula is C16H23NO. The fourth-order valence-corrected chi connectivity index (χ4v) is 1.92. The first kappa shape index (κ1) is 6.33. The smallest absolute Gasteiger partial charge is 0.179 e. The van der Waals surface area contributed by atoms with Gasteiger partial charge in [0.15, 0.2) is 5.78 Å². The van der Waals surface area contributed by atoms with E-state index in [4.69, 9.17) is 11.0 Å². The number of nitrogens with zero attached hydrogens (tertiary/aromatic N) is 1. The van der Waals surface area contributed by atoms with Crippen molar-refractivity contribution in [1.29, 1.82) is 0 Å². The third-order valence-electron chi connectivity index (χ3n) is 2.93. The lowest BCUT2D eigenvalue weighted by Gasteiger charge is -2.26. The normalized spacial score (nSPS) is 35.7. The van der Waals surface area contributed by atoms with Crippen LogP contribution in [0.1, 0.15) is 59.4 Å². The summed E-state index contributed by atoms with van der Waals surface area (Å²) >= 11 is 0. The topological polar surface area (TPSA) is 20.3 Å². The molecule has 2 rings (SSSR count). The molecule has 0 aromatic heterocycles. The highest BCUT2D eigenvalue weighted by atomic mass is 16.1. The van der Waals surface area contributed by atoms with Crippen LogP contribution in [0.5, 0.6) is 0 Å². The Hall–Kier alpha value is -1.15. The quantitative estimate of drug-likeness (QED) is 0.749. The van der Waals surface area contributed by atoms with Crippen LogP contribution in [0.4, 0.5) is 0 Å². The third-order valence-corrected chi connectivity index (χ3v) is 2.93. The van der Waals surface area contributed by atoms with Crippen molar-refractivity contribution in [2.45, 2.75) is 45.5 Å². The Kier molecular flexibility index (Phi) is 2.16. The van der Waals surface area contributed by atoms with Crippen LogP contribution in [0.15, 0.2) is 24.3 Å². The van der Waals surface area contributed by atoms with Gasteiger partial charge in [-0.05, 0) is 39.1 Å². The predicted molar refractivity (Wildman–Crippen MR) is 75.0 cm³/mol. The van der Waals surface area contributed by atoms with Gasteiger partial charge in [0.25, 0.3) is 0 Å². The van der Waals surface area contributed by atoms with E-state index in [2.05, 4.69) is 0 Å². The van der Waals surface area contributed by atoms with Crippen molar-refractivity contribution < 1.29 is 15.8 Å². The van der Waals surface area contributed by atoms with Crippen molar-refractivity contribution in [1.82, 2.24) is 4.90 Å². The van der Waals surface area contributed by atoms with Crippen molar-refractivity contribution >= 4 is 5.78 Å². The van der Waals surface area contributed by atoms with Gasteiger partial charge in [-0.1, -0.05) is 43.2 Å². The predicted octanol–water partition coefficient (Wildman–Crippen LogP) is 3.44. The van der Waals surface area contributed by atoms with Crippen LogP contribution in [0.25, 0.3) is 0 Å². The molecule has 0 amide bonds. The zero-order chi connectivity index (χ0) is 20.1. The van der Waals surface area contributed by atoms with E-state index in [1.807, 2.05) is 6.92 Å². The molecule has 1 aromatic carbocycles. The average Bonchev–Trinajstić information content (AvgIpc) is 2.59. The van der Waals surface area contributed by atoms with Crippen LogP contribution in [-0.4, -0.2) is 29.7 Å². The van der Waals surface area contributed by atoms with Crippen LogP contribution in [0, 0.1) is 6.92 Å². The monoisotopic (exact) mass is 253 g/mol. The molecule has 1 saturated heterocycles. The van der Waals surface area contributed by atoms with E-state index in [9.17, 15) is 4.79 Å². The maximum Gasteiger partial charge on any atom is 0.179 e. The van der Waals surface area contributed by atoms with Gasteiger partial charge >= 0.3 is 0 Å². The second kappa shape index (κ2) is 6.14. The number of hydrogen-bond donors (Lipinski definition) is 0. The SMILES string of the molecule is [2H]C1([2H])N(C(CCC)C(=O)c2ccc(C)cc2)C([2H])([2H])C([2H])([2H])C1([2H])[2H]. The van der Waals surface area contributed by atoms with Crippen LogP contribution in [0.2, 0.25) is 0 Å². The Morgan fingerprint density at radius 3 is 2.50 bits per heavy atom. The number of rotatable bonds is 5. The van der Waals surface area contributed by atoms with Gasteiger partial charge in [0.2, 0.25) is 0 Å². The van der Waals surface area contributed by atoms with Gasteiger partial charge in [-0.2, -0.15) is 0 Å². The summed E-state index contributed by atoms with van der Waals surface area (Å²) in [5, 5.41) is 0. The second-order valence-electron chi connectivity index (χ2n) is 4.38. The summed E-state index contributed by atoms with van der Waals surface area (Å²) in [6.45, 7) is -2.40. The number of likely N-dealkylation sites (tertiary alicyclic amines) is 1. The zero-order valence-corrected chi connectivity index (χ0v) is 10.7. The lowest BCUT2D eigenvalue weighted by atomic mass is 9.98. The molecule has 1 fully saturated rings. The largest absolute Gasteiger partial charge is 0.293 e. The van der Waals surface area contributed by atoms with E-state index < -0.39 is 37.6 Å². The molecule has 0 aliphatic carbocycles. The van der Waals surface area contributed by atoms with E-state index in [0.29, 0.717) is 11.3 Å². The number of Topliss-reactive ketones (excluding diaryl/α,β-unsaturated/α-hetero) is 1. The standard InChI is InChI=1S/C16H23NO/c1-3-6-15(17-11-4-5-12-17)16(18)14-9-7-13(2)8-10-14/h7-10,15H,3-6,11-12H2,1-2H3/i4D2,5D2,11D2,12D2. The highest BCUT2D eigenvalue weighted by molar-refractivity contribution is 6.00. The number of carbonyl (C=O) groups excluding carboxylic acids is 1. The summed E-state index contributed by atoms with van der Waals surface area (Å²) < 4.78 is 64.2. The summed E-state index contributed by atoms with van der Waals surface area (Å²) in [6.07, 6.45) is -5.76. The first-order valence-electron chi connectivity index (χ1n) is 10.1. The summed E-state index contributed by atoms with van der Waals surface area (Å²) in [5.74, 6) is -0.548. The Bertz CT molecular complexity index is 660. The van der Waals surface area contributed by atoms with Gasteiger partial charge in [-0.25, -0.2) is 0 Å². The molecule has 0 bridgehead atoms. The van der Waals surface area contributed by atoms with E-state index >= 15 is 0 Å². The molecule has 1 atom stereocenters. The van der Waals surface area contributed by atoms with Gasteiger partial charge in [-0.15, -0.1) is 0 Å². The van der Waals surface area contributed by atoms with E-state index in [-0.39, 0.29) is 12.0 Å². The first-order chi connectivity index (χ1) is 11.7. The number of aryl methyl sites for hydroxylation is 1. The van der Waals surface area contributed by atoms with Crippen molar-refractivity contribution in [2.75, 3.05) is 13.0 Å². The molecule has 0 N–H and O–H groups in total. The molecule has 0 saturated carbocycles. The fraction of sp³-hybridized carbons (Fsp3) is 0.562.